The third-order valence-corrected chi connectivity index (χ3v) is 4.64. The van der Waals surface area contributed by atoms with Crippen molar-refractivity contribution in [3.63, 3.8) is 0 Å². The van der Waals surface area contributed by atoms with Crippen LogP contribution < -0.4 is 0 Å². The molecule has 0 unspecified atom stereocenters. The van der Waals surface area contributed by atoms with Crippen molar-refractivity contribution in [2.75, 3.05) is 6.54 Å². The fourth-order valence-corrected chi connectivity index (χ4v) is 3.13. The molecule has 0 amide bonds. The molecular formula is C18H17N5O3. The van der Waals surface area contributed by atoms with Crippen LogP contribution in [0.4, 0.5) is 5.69 Å². The van der Waals surface area contributed by atoms with Crippen molar-refractivity contribution < 1.29 is 9.45 Å². The fourth-order valence-electron chi connectivity index (χ4n) is 3.13. The van der Waals surface area contributed by atoms with Gasteiger partial charge in [-0.3, -0.25) is 20.0 Å². The third-order valence-electron chi connectivity index (χ3n) is 4.64. The molecule has 1 aliphatic heterocycles. The zero-order valence-corrected chi connectivity index (χ0v) is 14.2. The standard InChI is InChI=1S/C18H17N5O3/c1-12(18-20-17(21-26-18)13-5-3-2-4-6-13)22-8-7-16-14(11-22)9-15(10-19-16)23(24)25/h2-6,9-10,12H,7-8,11H2,1H3/t12-/m0/s1. The van der Waals surface area contributed by atoms with E-state index in [9.17, 15) is 10.1 Å². The lowest BCUT2D eigenvalue weighted by Crippen LogP contribution is -2.33. The molecule has 1 aromatic carbocycles. The minimum absolute atomic E-state index is 0.0161. The average Bonchev–Trinajstić information content (AvgIpc) is 3.17. The van der Waals surface area contributed by atoms with Crippen molar-refractivity contribution >= 4 is 5.69 Å². The van der Waals surface area contributed by atoms with E-state index in [0.717, 1.165) is 29.8 Å². The average molecular weight is 351 g/mol. The summed E-state index contributed by atoms with van der Waals surface area (Å²) in [6.07, 6.45) is 2.05. The molecule has 0 fully saturated rings. The van der Waals surface area contributed by atoms with Crippen LogP contribution in [0.1, 0.15) is 30.1 Å². The van der Waals surface area contributed by atoms with Gasteiger partial charge >= 0.3 is 0 Å². The van der Waals surface area contributed by atoms with Gasteiger partial charge in [0.2, 0.25) is 11.7 Å². The molecule has 0 bridgehead atoms. The van der Waals surface area contributed by atoms with Crippen LogP contribution >= 0.6 is 0 Å². The molecule has 4 rings (SSSR count). The Kier molecular flexibility index (Phi) is 4.18. The second-order valence-corrected chi connectivity index (χ2v) is 6.28. The summed E-state index contributed by atoms with van der Waals surface area (Å²) in [4.78, 5) is 21.5. The van der Waals surface area contributed by atoms with Gasteiger partial charge in [-0.25, -0.2) is 0 Å². The predicted molar refractivity (Wildman–Crippen MR) is 93.2 cm³/mol. The first-order valence-electron chi connectivity index (χ1n) is 8.37. The van der Waals surface area contributed by atoms with E-state index in [1.807, 2.05) is 37.3 Å². The molecule has 132 valence electrons. The number of pyridine rings is 1. The molecule has 26 heavy (non-hydrogen) atoms. The van der Waals surface area contributed by atoms with Crippen LogP contribution in [0.5, 0.6) is 0 Å². The Hall–Kier alpha value is -3.13. The number of rotatable bonds is 4. The molecule has 8 nitrogen and oxygen atoms in total. The second-order valence-electron chi connectivity index (χ2n) is 6.28. The van der Waals surface area contributed by atoms with Gasteiger partial charge in [-0.2, -0.15) is 4.98 Å². The van der Waals surface area contributed by atoms with Crippen molar-refractivity contribution in [2.24, 2.45) is 0 Å². The van der Waals surface area contributed by atoms with Crippen LogP contribution in [0.15, 0.2) is 47.1 Å². The first kappa shape index (κ1) is 16.3. The van der Waals surface area contributed by atoms with Crippen molar-refractivity contribution in [2.45, 2.75) is 25.9 Å². The van der Waals surface area contributed by atoms with Crippen LogP contribution in [-0.4, -0.2) is 31.5 Å². The number of hydrogen-bond donors (Lipinski definition) is 0. The molecule has 1 atom stereocenters. The van der Waals surface area contributed by atoms with E-state index in [2.05, 4.69) is 20.0 Å². The van der Waals surface area contributed by atoms with Gasteiger partial charge in [0.1, 0.15) is 6.20 Å². The lowest BCUT2D eigenvalue weighted by molar-refractivity contribution is -0.385. The molecule has 1 aliphatic rings. The van der Waals surface area contributed by atoms with E-state index < -0.39 is 4.92 Å². The highest BCUT2D eigenvalue weighted by molar-refractivity contribution is 5.53. The number of benzene rings is 1. The van der Waals surface area contributed by atoms with E-state index in [0.29, 0.717) is 18.3 Å². The van der Waals surface area contributed by atoms with E-state index in [1.54, 1.807) is 6.07 Å². The van der Waals surface area contributed by atoms with Gasteiger partial charge in [0.25, 0.3) is 5.69 Å². The van der Waals surface area contributed by atoms with Crippen molar-refractivity contribution in [1.82, 2.24) is 20.0 Å². The smallest absolute Gasteiger partial charge is 0.287 e. The van der Waals surface area contributed by atoms with Crippen LogP contribution in [0, 0.1) is 10.1 Å². The minimum Gasteiger partial charge on any atom is -0.337 e. The molecule has 0 N–H and O–H groups in total. The van der Waals surface area contributed by atoms with Crippen molar-refractivity contribution in [1.29, 1.82) is 0 Å². The monoisotopic (exact) mass is 351 g/mol. The normalized spacial score (nSPS) is 15.4. The molecule has 0 saturated heterocycles. The Morgan fingerprint density at radius 3 is 2.88 bits per heavy atom. The quantitative estimate of drug-likeness (QED) is 0.526. The Morgan fingerprint density at radius 1 is 1.31 bits per heavy atom. The first-order valence-corrected chi connectivity index (χ1v) is 8.37. The summed E-state index contributed by atoms with van der Waals surface area (Å²) >= 11 is 0. The van der Waals surface area contributed by atoms with E-state index in [1.165, 1.54) is 6.20 Å². The molecular weight excluding hydrogens is 334 g/mol. The van der Waals surface area contributed by atoms with E-state index >= 15 is 0 Å². The SMILES string of the molecule is C[C@@H](c1nc(-c2ccccc2)no1)N1CCc2ncc([N+](=O)[O-])cc2C1. The number of fused-ring (bicyclic) bond motifs is 1. The van der Waals surface area contributed by atoms with Gasteiger partial charge in [0, 0.05) is 36.8 Å². The molecule has 0 radical (unpaired) electrons. The van der Waals surface area contributed by atoms with Gasteiger partial charge in [0.05, 0.1) is 11.0 Å². The molecule has 2 aromatic heterocycles. The van der Waals surface area contributed by atoms with Gasteiger partial charge in [-0.05, 0) is 12.5 Å². The fraction of sp³-hybridized carbons (Fsp3) is 0.278. The Balaban J connectivity index is 1.54. The largest absolute Gasteiger partial charge is 0.337 e. The minimum atomic E-state index is -0.417. The zero-order chi connectivity index (χ0) is 18.1. The molecule has 3 aromatic rings. The third kappa shape index (κ3) is 3.06. The van der Waals surface area contributed by atoms with E-state index in [-0.39, 0.29) is 11.7 Å². The highest BCUT2D eigenvalue weighted by Crippen LogP contribution is 2.28. The maximum Gasteiger partial charge on any atom is 0.287 e. The number of hydrogen-bond acceptors (Lipinski definition) is 7. The summed E-state index contributed by atoms with van der Waals surface area (Å²) < 4.78 is 5.46. The van der Waals surface area contributed by atoms with Gasteiger partial charge in [-0.1, -0.05) is 35.5 Å². The topological polar surface area (TPSA) is 98.2 Å². The van der Waals surface area contributed by atoms with Crippen molar-refractivity contribution in [3.05, 3.63) is 69.9 Å². The molecule has 0 saturated carbocycles. The summed E-state index contributed by atoms with van der Waals surface area (Å²) in [5.41, 5.74) is 2.70. The van der Waals surface area contributed by atoms with Gasteiger partial charge in [-0.15, -0.1) is 0 Å². The maximum absolute atomic E-state index is 11.0. The summed E-state index contributed by atoms with van der Waals surface area (Å²) in [7, 11) is 0. The molecule has 3 heterocycles. The molecule has 0 spiro atoms. The van der Waals surface area contributed by atoms with Gasteiger partial charge in [0.15, 0.2) is 0 Å². The highest BCUT2D eigenvalue weighted by atomic mass is 16.6. The zero-order valence-electron chi connectivity index (χ0n) is 14.2. The highest BCUT2D eigenvalue weighted by Gasteiger charge is 2.27. The summed E-state index contributed by atoms with van der Waals surface area (Å²) in [6, 6.07) is 11.2. The Bertz CT molecular complexity index is 941. The summed E-state index contributed by atoms with van der Waals surface area (Å²) in [5, 5.41) is 15.0. The summed E-state index contributed by atoms with van der Waals surface area (Å²) in [6.45, 7) is 3.34. The Morgan fingerprint density at radius 2 is 2.12 bits per heavy atom. The summed E-state index contributed by atoms with van der Waals surface area (Å²) in [5.74, 6) is 1.09. The molecule has 0 aliphatic carbocycles. The number of nitrogens with zero attached hydrogens (tertiary/aromatic N) is 5. The van der Waals surface area contributed by atoms with Crippen LogP contribution in [0.3, 0.4) is 0 Å². The lowest BCUT2D eigenvalue weighted by Gasteiger charge is -2.31. The van der Waals surface area contributed by atoms with Crippen LogP contribution in [0.25, 0.3) is 11.4 Å². The second kappa shape index (κ2) is 6.64. The van der Waals surface area contributed by atoms with Crippen molar-refractivity contribution in [3.8, 4) is 11.4 Å². The maximum atomic E-state index is 11.0. The number of nitro groups is 1. The first-order chi connectivity index (χ1) is 12.6. The van der Waals surface area contributed by atoms with Gasteiger partial charge < -0.3 is 4.52 Å². The van der Waals surface area contributed by atoms with Crippen LogP contribution in [0.2, 0.25) is 0 Å². The van der Waals surface area contributed by atoms with E-state index in [4.69, 9.17) is 4.52 Å². The Labute approximate surface area is 149 Å². The predicted octanol–water partition coefficient (Wildman–Crippen LogP) is 3.16. The molecule has 8 heteroatoms. The van der Waals surface area contributed by atoms with Crippen LogP contribution in [-0.2, 0) is 13.0 Å². The lowest BCUT2D eigenvalue weighted by atomic mass is 10.0. The number of aromatic nitrogens is 3.